The Kier molecular flexibility index (Phi) is 6.23. The van der Waals surface area contributed by atoms with E-state index in [2.05, 4.69) is 20.7 Å². The SMILES string of the molecule is CN=C(NCCn1cc(C)cn1)NCC1(C(=O)N(C)C)CCCC1. The molecule has 1 amide bonds. The lowest BCUT2D eigenvalue weighted by molar-refractivity contribution is -0.138. The highest BCUT2D eigenvalue weighted by Gasteiger charge is 2.42. The van der Waals surface area contributed by atoms with Gasteiger partial charge in [-0.25, -0.2) is 0 Å². The second-order valence-electron chi connectivity index (χ2n) is 6.82. The molecule has 1 aromatic heterocycles. The van der Waals surface area contributed by atoms with Crippen LogP contribution in [-0.2, 0) is 11.3 Å². The summed E-state index contributed by atoms with van der Waals surface area (Å²) in [7, 11) is 5.42. The Balaban J connectivity index is 1.84. The summed E-state index contributed by atoms with van der Waals surface area (Å²) >= 11 is 0. The van der Waals surface area contributed by atoms with E-state index in [0.717, 1.165) is 50.3 Å². The van der Waals surface area contributed by atoms with E-state index in [1.54, 1.807) is 11.9 Å². The number of carbonyl (C=O) groups is 1. The highest BCUT2D eigenvalue weighted by atomic mass is 16.2. The van der Waals surface area contributed by atoms with E-state index >= 15 is 0 Å². The van der Waals surface area contributed by atoms with Crippen LogP contribution in [0.2, 0.25) is 0 Å². The standard InChI is InChI=1S/C17H30N6O/c1-14-11-21-23(12-14)10-9-19-16(18-2)20-13-17(7-5-6-8-17)15(24)22(3)4/h11-12H,5-10,13H2,1-4H3,(H2,18,19,20). The molecule has 1 aliphatic rings. The van der Waals surface area contributed by atoms with Gasteiger partial charge in [0.15, 0.2) is 5.96 Å². The number of guanidine groups is 1. The molecule has 2 rings (SSSR count). The number of hydrogen-bond donors (Lipinski definition) is 2. The third kappa shape index (κ3) is 4.49. The van der Waals surface area contributed by atoms with Crippen LogP contribution in [0.15, 0.2) is 17.4 Å². The van der Waals surface area contributed by atoms with Crippen LogP contribution in [-0.4, -0.2) is 60.8 Å². The van der Waals surface area contributed by atoms with Crippen molar-refractivity contribution in [2.75, 3.05) is 34.2 Å². The molecule has 7 heteroatoms. The predicted molar refractivity (Wildman–Crippen MR) is 95.9 cm³/mol. The van der Waals surface area contributed by atoms with E-state index < -0.39 is 0 Å². The van der Waals surface area contributed by atoms with Crippen LogP contribution in [0.3, 0.4) is 0 Å². The number of carbonyl (C=O) groups excluding carboxylic acids is 1. The maximum atomic E-state index is 12.6. The number of amides is 1. The molecule has 1 aromatic rings. The monoisotopic (exact) mass is 334 g/mol. The minimum absolute atomic E-state index is 0.218. The van der Waals surface area contributed by atoms with Crippen molar-refractivity contribution in [2.45, 2.75) is 39.2 Å². The minimum atomic E-state index is -0.291. The van der Waals surface area contributed by atoms with Crippen LogP contribution in [0.5, 0.6) is 0 Å². The van der Waals surface area contributed by atoms with Gasteiger partial charge in [-0.3, -0.25) is 14.5 Å². The van der Waals surface area contributed by atoms with Crippen molar-refractivity contribution in [1.82, 2.24) is 25.3 Å². The Bertz CT molecular complexity index is 571. The third-order valence-corrected chi connectivity index (χ3v) is 4.63. The summed E-state index contributed by atoms with van der Waals surface area (Å²) in [5, 5.41) is 10.9. The van der Waals surface area contributed by atoms with Gasteiger partial charge in [-0.15, -0.1) is 0 Å². The topological polar surface area (TPSA) is 74.5 Å². The summed E-state index contributed by atoms with van der Waals surface area (Å²) in [4.78, 5) is 18.6. The molecular formula is C17H30N6O. The zero-order chi connectivity index (χ0) is 17.6. The molecule has 0 unspecified atom stereocenters. The molecule has 0 aliphatic heterocycles. The normalized spacial score (nSPS) is 16.9. The smallest absolute Gasteiger partial charge is 0.230 e. The molecule has 0 atom stereocenters. The van der Waals surface area contributed by atoms with Gasteiger partial charge in [-0.05, 0) is 25.3 Å². The van der Waals surface area contributed by atoms with E-state index in [-0.39, 0.29) is 11.3 Å². The van der Waals surface area contributed by atoms with Crippen LogP contribution in [0.4, 0.5) is 0 Å². The molecule has 1 fully saturated rings. The van der Waals surface area contributed by atoms with E-state index in [9.17, 15) is 4.79 Å². The first kappa shape index (κ1) is 18.3. The van der Waals surface area contributed by atoms with Gasteiger partial charge in [0.2, 0.25) is 5.91 Å². The van der Waals surface area contributed by atoms with Crippen LogP contribution < -0.4 is 10.6 Å². The summed E-state index contributed by atoms with van der Waals surface area (Å²) in [6.45, 7) is 4.16. The largest absolute Gasteiger partial charge is 0.355 e. The Labute approximate surface area is 144 Å². The second kappa shape index (κ2) is 8.17. The second-order valence-corrected chi connectivity index (χ2v) is 6.82. The number of aryl methyl sites for hydroxylation is 1. The van der Waals surface area contributed by atoms with Gasteiger partial charge >= 0.3 is 0 Å². The molecule has 0 aromatic carbocycles. The molecule has 2 N–H and O–H groups in total. The summed E-state index contributed by atoms with van der Waals surface area (Å²) < 4.78 is 1.91. The third-order valence-electron chi connectivity index (χ3n) is 4.63. The summed E-state index contributed by atoms with van der Waals surface area (Å²) in [5.74, 6) is 0.951. The molecule has 0 radical (unpaired) electrons. The molecule has 0 bridgehead atoms. The van der Waals surface area contributed by atoms with E-state index in [1.165, 1.54) is 0 Å². The lowest BCUT2D eigenvalue weighted by atomic mass is 9.84. The summed E-state index contributed by atoms with van der Waals surface area (Å²) in [5.41, 5.74) is 0.864. The Hall–Kier alpha value is -2.05. The predicted octanol–water partition coefficient (Wildman–Crippen LogP) is 1.01. The van der Waals surface area contributed by atoms with Gasteiger partial charge in [-0.2, -0.15) is 5.10 Å². The van der Waals surface area contributed by atoms with Gasteiger partial charge in [0.1, 0.15) is 0 Å². The van der Waals surface area contributed by atoms with Crippen molar-refractivity contribution in [3.05, 3.63) is 18.0 Å². The van der Waals surface area contributed by atoms with Gasteiger partial charge in [0, 0.05) is 40.4 Å². The maximum absolute atomic E-state index is 12.6. The zero-order valence-corrected chi connectivity index (χ0v) is 15.3. The molecular weight excluding hydrogens is 304 g/mol. The average molecular weight is 334 g/mol. The molecule has 134 valence electrons. The first-order valence-electron chi connectivity index (χ1n) is 8.62. The fourth-order valence-corrected chi connectivity index (χ4v) is 3.34. The van der Waals surface area contributed by atoms with E-state index in [0.29, 0.717) is 6.54 Å². The van der Waals surface area contributed by atoms with Crippen molar-refractivity contribution in [3.63, 3.8) is 0 Å². The molecule has 1 heterocycles. The Morgan fingerprint density at radius 3 is 2.62 bits per heavy atom. The number of aromatic nitrogens is 2. The lowest BCUT2D eigenvalue weighted by Crippen LogP contribution is -2.49. The Morgan fingerprint density at radius 1 is 1.38 bits per heavy atom. The van der Waals surface area contributed by atoms with E-state index in [4.69, 9.17) is 0 Å². The van der Waals surface area contributed by atoms with Crippen LogP contribution >= 0.6 is 0 Å². The maximum Gasteiger partial charge on any atom is 0.230 e. The van der Waals surface area contributed by atoms with Gasteiger partial charge in [-0.1, -0.05) is 12.8 Å². The van der Waals surface area contributed by atoms with Crippen molar-refractivity contribution >= 4 is 11.9 Å². The quantitative estimate of drug-likeness (QED) is 0.601. The molecule has 24 heavy (non-hydrogen) atoms. The molecule has 0 saturated heterocycles. The fraction of sp³-hybridized carbons (Fsp3) is 0.706. The number of nitrogens with zero attached hydrogens (tertiary/aromatic N) is 4. The van der Waals surface area contributed by atoms with Gasteiger partial charge < -0.3 is 15.5 Å². The fourth-order valence-electron chi connectivity index (χ4n) is 3.34. The van der Waals surface area contributed by atoms with Crippen LogP contribution in [0.1, 0.15) is 31.2 Å². The molecule has 1 saturated carbocycles. The van der Waals surface area contributed by atoms with Gasteiger partial charge in [0.25, 0.3) is 0 Å². The lowest BCUT2D eigenvalue weighted by Gasteiger charge is -2.31. The first-order chi connectivity index (χ1) is 11.5. The summed E-state index contributed by atoms with van der Waals surface area (Å²) in [6.07, 6.45) is 7.99. The molecule has 7 nitrogen and oxygen atoms in total. The minimum Gasteiger partial charge on any atom is -0.355 e. The number of nitrogens with one attached hydrogen (secondary N) is 2. The number of aliphatic imine (C=N–C) groups is 1. The van der Waals surface area contributed by atoms with Gasteiger partial charge in [0.05, 0.1) is 18.2 Å². The molecule has 0 spiro atoms. The number of rotatable bonds is 6. The average Bonchev–Trinajstić information content (AvgIpc) is 3.19. The van der Waals surface area contributed by atoms with Crippen LogP contribution in [0, 0.1) is 12.3 Å². The summed E-state index contributed by atoms with van der Waals surface area (Å²) in [6, 6.07) is 0. The van der Waals surface area contributed by atoms with Crippen molar-refractivity contribution < 1.29 is 4.79 Å². The Morgan fingerprint density at radius 2 is 2.08 bits per heavy atom. The van der Waals surface area contributed by atoms with Crippen molar-refractivity contribution in [2.24, 2.45) is 10.4 Å². The molecule has 1 aliphatic carbocycles. The van der Waals surface area contributed by atoms with E-state index in [1.807, 2.05) is 38.1 Å². The highest BCUT2D eigenvalue weighted by molar-refractivity contribution is 5.85. The van der Waals surface area contributed by atoms with Crippen molar-refractivity contribution in [1.29, 1.82) is 0 Å². The zero-order valence-electron chi connectivity index (χ0n) is 15.3. The first-order valence-corrected chi connectivity index (χ1v) is 8.62. The highest BCUT2D eigenvalue weighted by Crippen LogP contribution is 2.38. The van der Waals surface area contributed by atoms with Crippen LogP contribution in [0.25, 0.3) is 0 Å². The van der Waals surface area contributed by atoms with Crippen molar-refractivity contribution in [3.8, 4) is 0 Å². The number of hydrogen-bond acceptors (Lipinski definition) is 3.